The molecule has 1 fully saturated rings. The number of morpholine rings is 1. The number of amides is 1. The quantitative estimate of drug-likeness (QED) is 0.769. The van der Waals surface area contributed by atoms with E-state index in [-0.39, 0.29) is 12.0 Å². The van der Waals surface area contributed by atoms with Crippen molar-refractivity contribution in [3.63, 3.8) is 0 Å². The van der Waals surface area contributed by atoms with Gasteiger partial charge < -0.3 is 19.1 Å². The van der Waals surface area contributed by atoms with Gasteiger partial charge >= 0.3 is 0 Å². The largest absolute Gasteiger partial charge is 0.497 e. The Morgan fingerprint density at radius 1 is 1.15 bits per heavy atom. The molecule has 1 atom stereocenters. The predicted molar refractivity (Wildman–Crippen MR) is 101 cm³/mol. The molecule has 0 bridgehead atoms. The van der Waals surface area contributed by atoms with Crippen LogP contribution in [0, 0.1) is 0 Å². The average Bonchev–Trinajstić information content (AvgIpc) is 2.68. The Morgan fingerprint density at radius 3 is 2.58 bits per heavy atom. The Morgan fingerprint density at radius 2 is 1.88 bits per heavy atom. The number of carbonyl (C=O) groups is 1. The van der Waals surface area contributed by atoms with E-state index in [9.17, 15) is 4.79 Å². The van der Waals surface area contributed by atoms with E-state index in [1.165, 1.54) is 0 Å². The summed E-state index contributed by atoms with van der Waals surface area (Å²) in [5, 5.41) is 0.793. The molecule has 0 radical (unpaired) electrons. The van der Waals surface area contributed by atoms with E-state index in [2.05, 4.69) is 0 Å². The molecule has 0 N–H and O–H groups in total. The number of carbonyl (C=O) groups excluding carboxylic acids is 1. The molecule has 26 heavy (non-hydrogen) atoms. The van der Waals surface area contributed by atoms with Crippen LogP contribution in [0.25, 0.3) is 0 Å². The van der Waals surface area contributed by atoms with E-state index < -0.39 is 0 Å². The van der Waals surface area contributed by atoms with Crippen LogP contribution in [0.15, 0.2) is 42.5 Å². The lowest BCUT2D eigenvalue weighted by Gasteiger charge is -2.33. The van der Waals surface area contributed by atoms with Crippen molar-refractivity contribution in [1.29, 1.82) is 0 Å². The Hall–Kier alpha value is -1.95. The van der Waals surface area contributed by atoms with E-state index in [1.54, 1.807) is 30.2 Å². The summed E-state index contributed by atoms with van der Waals surface area (Å²) in [7, 11) is 1.62. The fourth-order valence-electron chi connectivity index (χ4n) is 2.68. The molecule has 5 nitrogen and oxygen atoms in total. The molecule has 1 amide bonds. The number of ether oxygens (including phenoxy) is 3. The van der Waals surface area contributed by atoms with Crippen molar-refractivity contribution in [3.8, 4) is 11.5 Å². The monoisotopic (exact) mass is 395 g/mol. The van der Waals surface area contributed by atoms with Gasteiger partial charge in [0.2, 0.25) is 0 Å². The minimum atomic E-state index is -0.197. The van der Waals surface area contributed by atoms with Gasteiger partial charge in [0, 0.05) is 12.1 Å². The first-order chi connectivity index (χ1) is 12.6. The maximum absolute atomic E-state index is 12.7. The second-order valence-electron chi connectivity index (χ2n) is 5.86. The van der Waals surface area contributed by atoms with Crippen LogP contribution in [0.3, 0.4) is 0 Å². The van der Waals surface area contributed by atoms with E-state index in [4.69, 9.17) is 37.4 Å². The standard InChI is InChI=1S/C19H19Cl2NO4/c1-24-14-3-5-15(6-4-14)26-12-16-11-22(8-9-25-16)19(23)13-2-7-17(20)18(21)10-13/h2-7,10,16H,8-9,11-12H2,1H3/t16-/m1/s1. The first-order valence-electron chi connectivity index (χ1n) is 8.19. The Labute approximate surface area is 162 Å². The highest BCUT2D eigenvalue weighted by Crippen LogP contribution is 2.24. The summed E-state index contributed by atoms with van der Waals surface area (Å²) in [6.07, 6.45) is -0.197. The van der Waals surface area contributed by atoms with Gasteiger partial charge in [-0.25, -0.2) is 0 Å². The summed E-state index contributed by atoms with van der Waals surface area (Å²) in [5.41, 5.74) is 0.510. The zero-order valence-electron chi connectivity index (χ0n) is 14.3. The summed E-state index contributed by atoms with van der Waals surface area (Å²) in [6.45, 7) is 1.80. The highest BCUT2D eigenvalue weighted by atomic mass is 35.5. The van der Waals surface area contributed by atoms with E-state index in [0.29, 0.717) is 41.9 Å². The molecule has 1 heterocycles. The maximum atomic E-state index is 12.7. The fourth-order valence-corrected chi connectivity index (χ4v) is 2.98. The molecule has 1 aliphatic heterocycles. The second-order valence-corrected chi connectivity index (χ2v) is 6.67. The van der Waals surface area contributed by atoms with Crippen LogP contribution in [0.4, 0.5) is 0 Å². The smallest absolute Gasteiger partial charge is 0.254 e. The van der Waals surface area contributed by atoms with Gasteiger partial charge in [0.05, 0.1) is 30.3 Å². The van der Waals surface area contributed by atoms with Gasteiger partial charge in [-0.05, 0) is 42.5 Å². The highest BCUT2D eigenvalue weighted by molar-refractivity contribution is 6.42. The topological polar surface area (TPSA) is 48.0 Å². The lowest BCUT2D eigenvalue weighted by Crippen LogP contribution is -2.47. The molecule has 0 aliphatic carbocycles. The molecule has 138 valence electrons. The van der Waals surface area contributed by atoms with Gasteiger partial charge in [0.15, 0.2) is 0 Å². The summed E-state index contributed by atoms with van der Waals surface area (Å²) in [4.78, 5) is 14.4. The normalized spacial score (nSPS) is 17.0. The third-order valence-electron chi connectivity index (χ3n) is 4.09. The summed E-state index contributed by atoms with van der Waals surface area (Å²) in [6, 6.07) is 12.2. The van der Waals surface area contributed by atoms with Crippen molar-refractivity contribution in [2.75, 3.05) is 33.4 Å². The Bertz CT molecular complexity index is 767. The highest BCUT2D eigenvalue weighted by Gasteiger charge is 2.26. The number of benzene rings is 2. The average molecular weight is 396 g/mol. The maximum Gasteiger partial charge on any atom is 0.254 e. The summed E-state index contributed by atoms with van der Waals surface area (Å²) in [5.74, 6) is 1.40. The molecule has 0 unspecified atom stereocenters. The van der Waals surface area contributed by atoms with Crippen LogP contribution in [0.5, 0.6) is 11.5 Å². The third-order valence-corrected chi connectivity index (χ3v) is 4.83. The van der Waals surface area contributed by atoms with Crippen molar-refractivity contribution >= 4 is 29.1 Å². The zero-order chi connectivity index (χ0) is 18.5. The van der Waals surface area contributed by atoms with Gasteiger partial charge in [-0.3, -0.25) is 4.79 Å². The third kappa shape index (κ3) is 4.61. The molecule has 2 aromatic carbocycles. The molecule has 3 rings (SSSR count). The molecule has 0 aromatic heterocycles. The van der Waals surface area contributed by atoms with Crippen molar-refractivity contribution in [2.45, 2.75) is 6.10 Å². The minimum Gasteiger partial charge on any atom is -0.497 e. The molecule has 0 spiro atoms. The number of methoxy groups -OCH3 is 1. The predicted octanol–water partition coefficient (Wildman–Crippen LogP) is 3.92. The SMILES string of the molecule is COc1ccc(OC[C@H]2CN(C(=O)c3ccc(Cl)c(Cl)c3)CCO2)cc1. The Balaban J connectivity index is 1.57. The van der Waals surface area contributed by atoms with E-state index >= 15 is 0 Å². The van der Waals surface area contributed by atoms with Crippen LogP contribution in [-0.4, -0.2) is 50.3 Å². The molecule has 1 aliphatic rings. The molecule has 2 aromatic rings. The molecular formula is C19H19Cl2NO4. The van der Waals surface area contributed by atoms with Gasteiger partial charge in [0.1, 0.15) is 24.2 Å². The molecule has 0 saturated carbocycles. The van der Waals surface area contributed by atoms with Crippen molar-refractivity contribution in [3.05, 3.63) is 58.1 Å². The lowest BCUT2D eigenvalue weighted by molar-refractivity contribution is -0.0401. The van der Waals surface area contributed by atoms with Crippen LogP contribution in [-0.2, 0) is 4.74 Å². The van der Waals surface area contributed by atoms with Gasteiger partial charge in [-0.1, -0.05) is 23.2 Å². The van der Waals surface area contributed by atoms with Crippen LogP contribution < -0.4 is 9.47 Å². The molecule has 1 saturated heterocycles. The van der Waals surface area contributed by atoms with Crippen molar-refractivity contribution in [1.82, 2.24) is 4.90 Å². The van der Waals surface area contributed by atoms with Crippen LogP contribution >= 0.6 is 23.2 Å². The van der Waals surface area contributed by atoms with Crippen LogP contribution in [0.1, 0.15) is 10.4 Å². The summed E-state index contributed by atoms with van der Waals surface area (Å²) < 4.78 is 16.6. The van der Waals surface area contributed by atoms with Crippen molar-refractivity contribution in [2.24, 2.45) is 0 Å². The second kappa shape index (κ2) is 8.62. The van der Waals surface area contributed by atoms with Crippen LogP contribution in [0.2, 0.25) is 10.0 Å². The van der Waals surface area contributed by atoms with Crippen molar-refractivity contribution < 1.29 is 19.0 Å². The number of halogens is 2. The molecule has 7 heteroatoms. The zero-order valence-corrected chi connectivity index (χ0v) is 15.8. The minimum absolute atomic E-state index is 0.0960. The fraction of sp³-hybridized carbons (Fsp3) is 0.316. The number of hydrogen-bond acceptors (Lipinski definition) is 4. The molecular weight excluding hydrogens is 377 g/mol. The lowest BCUT2D eigenvalue weighted by atomic mass is 10.1. The van der Waals surface area contributed by atoms with E-state index in [1.807, 2.05) is 24.3 Å². The summed E-state index contributed by atoms with van der Waals surface area (Å²) >= 11 is 11.9. The number of rotatable bonds is 5. The van der Waals surface area contributed by atoms with Gasteiger partial charge in [0.25, 0.3) is 5.91 Å². The first-order valence-corrected chi connectivity index (χ1v) is 8.95. The Kier molecular flexibility index (Phi) is 6.25. The van der Waals surface area contributed by atoms with Gasteiger partial charge in [-0.2, -0.15) is 0 Å². The number of nitrogens with zero attached hydrogens (tertiary/aromatic N) is 1. The van der Waals surface area contributed by atoms with Gasteiger partial charge in [-0.15, -0.1) is 0 Å². The van der Waals surface area contributed by atoms with E-state index in [0.717, 1.165) is 11.5 Å². The first kappa shape index (κ1) is 18.8. The number of hydrogen-bond donors (Lipinski definition) is 0.